The topological polar surface area (TPSA) is 83.3 Å². The highest BCUT2D eigenvalue weighted by Gasteiger charge is 2.14. The predicted octanol–water partition coefficient (Wildman–Crippen LogP) is 4.59. The van der Waals surface area contributed by atoms with E-state index in [4.69, 9.17) is 9.47 Å². The highest BCUT2D eigenvalue weighted by atomic mass is 127. The molecule has 0 fully saturated rings. The van der Waals surface area contributed by atoms with Crippen LogP contribution in [-0.4, -0.2) is 40.5 Å². The number of ketones is 1. The van der Waals surface area contributed by atoms with Gasteiger partial charge in [0.25, 0.3) is 0 Å². The van der Waals surface area contributed by atoms with Gasteiger partial charge in [0.2, 0.25) is 0 Å². The van der Waals surface area contributed by atoms with E-state index in [1.165, 1.54) is 0 Å². The smallest absolute Gasteiger partial charge is 0.338 e. The van der Waals surface area contributed by atoms with Gasteiger partial charge in [0.15, 0.2) is 12.4 Å². The van der Waals surface area contributed by atoms with Crippen molar-refractivity contribution < 1.29 is 19.1 Å². The van der Waals surface area contributed by atoms with Gasteiger partial charge in [-0.2, -0.15) is 0 Å². The first-order chi connectivity index (χ1) is 15.5. The molecule has 4 aromatic rings. The van der Waals surface area contributed by atoms with Gasteiger partial charge in [0.05, 0.1) is 30.3 Å². The second-order valence-electron chi connectivity index (χ2n) is 6.82. The van der Waals surface area contributed by atoms with E-state index in [-0.39, 0.29) is 12.4 Å². The van der Waals surface area contributed by atoms with Crippen LogP contribution in [0.3, 0.4) is 0 Å². The first-order valence-electron chi connectivity index (χ1n) is 9.66. The van der Waals surface area contributed by atoms with Gasteiger partial charge in [-0.3, -0.25) is 4.79 Å². The molecule has 0 aliphatic heterocycles. The molecule has 0 spiro atoms. The molecule has 0 atom stereocenters. The maximum atomic E-state index is 12.5. The monoisotopic (exact) mass is 539 g/mol. The molecule has 0 bridgehead atoms. The molecule has 0 N–H and O–H groups in total. The molecule has 160 valence electrons. The summed E-state index contributed by atoms with van der Waals surface area (Å²) < 4.78 is 13.0. The third-order valence-electron chi connectivity index (χ3n) is 4.76. The Morgan fingerprint density at radius 2 is 1.72 bits per heavy atom. The number of benzene rings is 3. The van der Waals surface area contributed by atoms with Crippen LogP contribution in [0.1, 0.15) is 20.7 Å². The molecule has 1 heterocycles. The van der Waals surface area contributed by atoms with E-state index in [1.807, 2.05) is 30.3 Å². The van der Waals surface area contributed by atoms with Crippen LogP contribution in [0.5, 0.6) is 5.75 Å². The Morgan fingerprint density at radius 3 is 2.41 bits per heavy atom. The lowest BCUT2D eigenvalue weighted by molar-refractivity contribution is 0.0474. The lowest BCUT2D eigenvalue weighted by Gasteiger charge is -2.08. The lowest BCUT2D eigenvalue weighted by Crippen LogP contribution is -2.14. The highest BCUT2D eigenvalue weighted by molar-refractivity contribution is 14.1. The molecule has 0 aliphatic carbocycles. The minimum Gasteiger partial charge on any atom is -0.497 e. The van der Waals surface area contributed by atoms with Gasteiger partial charge in [-0.05, 0) is 89.3 Å². The van der Waals surface area contributed by atoms with Crippen LogP contribution in [0, 0.1) is 3.57 Å². The number of Topliss-reactive ketones (excluding diaryl/α,β-unsaturated/α-hetero) is 1. The van der Waals surface area contributed by atoms with Crippen LogP contribution in [0.2, 0.25) is 0 Å². The van der Waals surface area contributed by atoms with Gasteiger partial charge in [-0.15, -0.1) is 5.10 Å². The summed E-state index contributed by atoms with van der Waals surface area (Å²) in [6.45, 7) is -0.329. The Morgan fingerprint density at radius 1 is 0.969 bits per heavy atom. The fourth-order valence-corrected chi connectivity index (χ4v) is 3.63. The average molecular weight is 539 g/mol. The molecule has 1 aromatic heterocycles. The van der Waals surface area contributed by atoms with Crippen molar-refractivity contribution in [1.29, 1.82) is 0 Å². The summed E-state index contributed by atoms with van der Waals surface area (Å²) in [5.74, 6) is -0.0527. The Labute approximate surface area is 198 Å². The van der Waals surface area contributed by atoms with Crippen molar-refractivity contribution in [3.63, 3.8) is 0 Å². The van der Waals surface area contributed by atoms with Gasteiger partial charge < -0.3 is 9.47 Å². The zero-order valence-corrected chi connectivity index (χ0v) is 19.2. The first-order valence-corrected chi connectivity index (χ1v) is 10.7. The molecule has 0 saturated carbocycles. The molecular formula is C24H18IN3O4. The summed E-state index contributed by atoms with van der Waals surface area (Å²) in [7, 11) is 1.62. The molecule has 0 amide bonds. The Balaban J connectivity index is 1.45. The third kappa shape index (κ3) is 4.86. The summed E-state index contributed by atoms with van der Waals surface area (Å²) in [6, 6.07) is 21.5. The van der Waals surface area contributed by atoms with Crippen molar-refractivity contribution in [3.05, 3.63) is 93.7 Å². The van der Waals surface area contributed by atoms with Crippen molar-refractivity contribution in [2.24, 2.45) is 0 Å². The van der Waals surface area contributed by atoms with Gasteiger partial charge in [-0.25, -0.2) is 9.48 Å². The summed E-state index contributed by atoms with van der Waals surface area (Å²) in [5, 5.41) is 8.18. The second kappa shape index (κ2) is 9.73. The molecule has 8 heteroatoms. The molecule has 7 nitrogen and oxygen atoms in total. The molecule has 0 unspecified atom stereocenters. The van der Waals surface area contributed by atoms with E-state index >= 15 is 0 Å². The van der Waals surface area contributed by atoms with Crippen LogP contribution in [0.4, 0.5) is 0 Å². The number of methoxy groups -OCH3 is 1. The van der Waals surface area contributed by atoms with Crippen LogP contribution in [-0.2, 0) is 4.74 Å². The summed E-state index contributed by atoms with van der Waals surface area (Å²) >= 11 is 2.11. The SMILES string of the molecule is COc1ccc(-c2cnnn2-c2ccc(C(=O)COC(=O)c3cccc(I)c3)cc2)cc1. The Kier molecular flexibility index (Phi) is 6.60. The molecule has 0 saturated heterocycles. The number of nitrogens with zero attached hydrogens (tertiary/aromatic N) is 3. The number of halogens is 1. The van der Waals surface area contributed by atoms with Gasteiger partial charge in [0, 0.05) is 14.7 Å². The Hall–Kier alpha value is -3.53. The number of esters is 1. The number of hydrogen-bond donors (Lipinski definition) is 0. The summed E-state index contributed by atoms with van der Waals surface area (Å²) in [5.41, 5.74) is 3.34. The predicted molar refractivity (Wildman–Crippen MR) is 127 cm³/mol. The first kappa shape index (κ1) is 21.7. The van der Waals surface area contributed by atoms with E-state index in [0.717, 1.165) is 26.3 Å². The molecule has 32 heavy (non-hydrogen) atoms. The number of carbonyl (C=O) groups excluding carboxylic acids is 2. The van der Waals surface area contributed by atoms with Crippen LogP contribution < -0.4 is 4.74 Å². The fraction of sp³-hybridized carbons (Fsp3) is 0.0833. The minimum absolute atomic E-state index is 0.288. The number of carbonyl (C=O) groups is 2. The van der Waals surface area contributed by atoms with Gasteiger partial charge >= 0.3 is 5.97 Å². The van der Waals surface area contributed by atoms with Crippen LogP contribution in [0.25, 0.3) is 16.9 Å². The van der Waals surface area contributed by atoms with Crippen LogP contribution >= 0.6 is 22.6 Å². The zero-order chi connectivity index (χ0) is 22.5. The third-order valence-corrected chi connectivity index (χ3v) is 5.43. The number of hydrogen-bond acceptors (Lipinski definition) is 6. The molecule has 0 radical (unpaired) electrons. The van der Waals surface area contributed by atoms with E-state index in [0.29, 0.717) is 11.1 Å². The van der Waals surface area contributed by atoms with Crippen molar-refractivity contribution in [2.45, 2.75) is 0 Å². The van der Waals surface area contributed by atoms with Crippen molar-refractivity contribution >= 4 is 34.3 Å². The average Bonchev–Trinajstić information content (AvgIpc) is 3.32. The minimum atomic E-state index is -0.528. The summed E-state index contributed by atoms with van der Waals surface area (Å²) in [6.07, 6.45) is 1.67. The van der Waals surface area contributed by atoms with Crippen LogP contribution in [0.15, 0.2) is 79.0 Å². The van der Waals surface area contributed by atoms with Crippen molar-refractivity contribution in [1.82, 2.24) is 15.0 Å². The lowest BCUT2D eigenvalue weighted by atomic mass is 10.1. The fourth-order valence-electron chi connectivity index (χ4n) is 3.09. The second-order valence-corrected chi connectivity index (χ2v) is 8.06. The van der Waals surface area contributed by atoms with Gasteiger partial charge in [0.1, 0.15) is 5.75 Å². The number of aromatic nitrogens is 3. The zero-order valence-electron chi connectivity index (χ0n) is 17.1. The Bertz CT molecular complexity index is 1250. The number of rotatable bonds is 7. The largest absolute Gasteiger partial charge is 0.497 e. The van der Waals surface area contributed by atoms with Crippen molar-refractivity contribution in [3.8, 4) is 22.7 Å². The number of ether oxygens (including phenoxy) is 2. The van der Waals surface area contributed by atoms with Crippen molar-refractivity contribution in [2.75, 3.05) is 13.7 Å². The molecular weight excluding hydrogens is 521 g/mol. The molecule has 4 rings (SSSR count). The molecule has 3 aromatic carbocycles. The maximum absolute atomic E-state index is 12.5. The van der Waals surface area contributed by atoms with Gasteiger partial charge in [-0.1, -0.05) is 11.3 Å². The molecule has 0 aliphatic rings. The van der Waals surface area contributed by atoms with E-state index in [2.05, 4.69) is 32.9 Å². The van der Waals surface area contributed by atoms with E-state index < -0.39 is 5.97 Å². The standard InChI is InChI=1S/C24H18IN3O4/c1-31-21-11-7-16(8-12-21)22-14-26-27-28(22)20-9-5-17(6-10-20)23(29)15-32-24(30)18-3-2-4-19(25)13-18/h2-14H,15H2,1H3. The summed E-state index contributed by atoms with van der Waals surface area (Å²) in [4.78, 5) is 24.6. The normalized spacial score (nSPS) is 10.6. The van der Waals surface area contributed by atoms with E-state index in [1.54, 1.807) is 60.5 Å². The quantitative estimate of drug-likeness (QED) is 0.194. The van der Waals surface area contributed by atoms with E-state index in [9.17, 15) is 9.59 Å². The maximum Gasteiger partial charge on any atom is 0.338 e. The highest BCUT2D eigenvalue weighted by Crippen LogP contribution is 2.24.